The van der Waals surface area contributed by atoms with Crippen molar-refractivity contribution in [1.82, 2.24) is 0 Å². The second kappa shape index (κ2) is 15.4. The molecule has 10 nitrogen and oxygen atoms in total. The van der Waals surface area contributed by atoms with Crippen LogP contribution in [0.3, 0.4) is 0 Å². The molecule has 4 rings (SSSR count). The van der Waals surface area contributed by atoms with E-state index in [0.29, 0.717) is 43.5 Å². The molecule has 1 saturated carbocycles. The van der Waals surface area contributed by atoms with Gasteiger partial charge in [-0.15, -0.1) is 11.3 Å². The van der Waals surface area contributed by atoms with Crippen LogP contribution >= 0.6 is 22.9 Å². The smallest absolute Gasteiger partial charge is 0.335 e. The number of aldehydes is 1. The van der Waals surface area contributed by atoms with Crippen LogP contribution in [0.1, 0.15) is 50.8 Å². The van der Waals surface area contributed by atoms with Crippen molar-refractivity contribution in [2.45, 2.75) is 95.3 Å². The highest BCUT2D eigenvalue weighted by molar-refractivity contribution is 7.19. The Balaban J connectivity index is 1.55. The minimum absolute atomic E-state index is 0.132. The van der Waals surface area contributed by atoms with Crippen molar-refractivity contribution in [2.24, 2.45) is 17.3 Å². The molecule has 5 N–H and O–H groups in total. The van der Waals surface area contributed by atoms with Gasteiger partial charge in [-0.25, -0.2) is 4.79 Å². The SMILES string of the molecule is CC1(C)C(=O)[C@H](C/C=C\CCCC=O)[C@@H](/C=C/C(O)CCc2sc3ccccc3c2Cl)[C@@H]1OC1O[C@H](C(=O)O)[C@@H](O)[C@H](O)[C@H]1O. The molecule has 2 fully saturated rings. The lowest BCUT2D eigenvalue weighted by Crippen LogP contribution is -2.61. The highest BCUT2D eigenvalue weighted by Gasteiger charge is 2.57. The van der Waals surface area contributed by atoms with Gasteiger partial charge in [0.25, 0.3) is 0 Å². The molecular weight excluding hydrogens is 624 g/mol. The van der Waals surface area contributed by atoms with Gasteiger partial charge >= 0.3 is 5.97 Å². The van der Waals surface area contributed by atoms with Crippen molar-refractivity contribution < 1.29 is 49.4 Å². The fourth-order valence-corrected chi connectivity index (χ4v) is 7.63. The quantitative estimate of drug-likeness (QED) is 0.114. The first-order valence-electron chi connectivity index (χ1n) is 15.1. The lowest BCUT2D eigenvalue weighted by atomic mass is 9.86. The highest BCUT2D eigenvalue weighted by Crippen LogP contribution is 2.48. The Hall–Kier alpha value is -2.48. The number of ether oxygens (including phenoxy) is 2. The van der Waals surface area contributed by atoms with Crippen LogP contribution in [0, 0.1) is 17.3 Å². The molecule has 0 bridgehead atoms. The Labute approximate surface area is 270 Å². The number of aliphatic carboxylic acids is 1. The lowest BCUT2D eigenvalue weighted by Gasteiger charge is -2.41. The number of carbonyl (C=O) groups excluding carboxylic acids is 2. The molecule has 2 heterocycles. The molecule has 1 aliphatic carbocycles. The first-order valence-corrected chi connectivity index (χ1v) is 16.3. The number of thiophene rings is 1. The second-order valence-electron chi connectivity index (χ2n) is 12.2. The molecule has 12 heteroatoms. The Morgan fingerprint density at radius 2 is 1.87 bits per heavy atom. The summed E-state index contributed by atoms with van der Waals surface area (Å²) in [5.41, 5.74) is -1.12. The number of fused-ring (bicyclic) bond motifs is 1. The first kappa shape index (κ1) is 35.4. The van der Waals surface area contributed by atoms with E-state index in [-0.39, 0.29) is 5.78 Å². The predicted molar refractivity (Wildman–Crippen MR) is 169 cm³/mol. The van der Waals surface area contributed by atoms with Gasteiger partial charge in [-0.05, 0) is 38.2 Å². The number of carbonyl (C=O) groups is 3. The lowest BCUT2D eigenvalue weighted by molar-refractivity contribution is -0.311. The zero-order chi connectivity index (χ0) is 32.9. The molecule has 246 valence electrons. The number of Topliss-reactive ketones (excluding diaryl/α,β-unsaturated/α-hetero) is 1. The van der Waals surface area contributed by atoms with E-state index >= 15 is 0 Å². The second-order valence-corrected chi connectivity index (χ2v) is 13.7. The number of benzene rings is 1. The van der Waals surface area contributed by atoms with Crippen molar-refractivity contribution in [1.29, 1.82) is 0 Å². The van der Waals surface area contributed by atoms with Crippen molar-refractivity contribution >= 4 is 51.1 Å². The van der Waals surface area contributed by atoms with E-state index < -0.39 is 66.1 Å². The minimum Gasteiger partial charge on any atom is -0.479 e. The number of aliphatic hydroxyl groups is 4. The van der Waals surface area contributed by atoms with Gasteiger partial charge in [0, 0.05) is 33.2 Å². The molecule has 1 aromatic heterocycles. The summed E-state index contributed by atoms with van der Waals surface area (Å²) in [4.78, 5) is 37.0. The fourth-order valence-electron chi connectivity index (χ4n) is 6.09. The summed E-state index contributed by atoms with van der Waals surface area (Å²) in [5, 5.41) is 53.1. The Bertz CT molecular complexity index is 1400. The molecule has 2 aromatic rings. The van der Waals surface area contributed by atoms with Gasteiger partial charge < -0.3 is 39.8 Å². The number of hydrogen-bond donors (Lipinski definition) is 5. The number of unbranched alkanes of at least 4 members (excludes halogenated alkanes) is 2. The molecule has 1 aliphatic heterocycles. The van der Waals surface area contributed by atoms with Crippen LogP contribution in [0.5, 0.6) is 0 Å². The van der Waals surface area contributed by atoms with Crippen LogP contribution in [0.25, 0.3) is 10.1 Å². The van der Waals surface area contributed by atoms with Gasteiger partial charge in [-0.1, -0.05) is 68.0 Å². The van der Waals surface area contributed by atoms with E-state index in [2.05, 4.69) is 0 Å². The number of aliphatic hydroxyl groups excluding tert-OH is 4. The Morgan fingerprint density at radius 1 is 1.13 bits per heavy atom. The maximum Gasteiger partial charge on any atom is 0.335 e. The largest absolute Gasteiger partial charge is 0.479 e. The Kier molecular flexibility index (Phi) is 12.1. The number of allylic oxidation sites excluding steroid dienone is 2. The number of hydrogen-bond acceptors (Lipinski definition) is 10. The van der Waals surface area contributed by atoms with Crippen molar-refractivity contribution in [2.75, 3.05) is 0 Å². The van der Waals surface area contributed by atoms with Gasteiger partial charge in [-0.2, -0.15) is 0 Å². The van der Waals surface area contributed by atoms with Gasteiger partial charge in [0.2, 0.25) is 0 Å². The van der Waals surface area contributed by atoms with Crippen molar-refractivity contribution in [3.8, 4) is 0 Å². The van der Waals surface area contributed by atoms with Gasteiger partial charge in [-0.3, -0.25) is 4.79 Å². The Morgan fingerprint density at radius 3 is 2.56 bits per heavy atom. The summed E-state index contributed by atoms with van der Waals surface area (Å²) < 4.78 is 12.6. The van der Waals surface area contributed by atoms with E-state index in [0.717, 1.165) is 21.2 Å². The molecule has 1 aromatic carbocycles. The van der Waals surface area contributed by atoms with E-state index in [1.165, 1.54) is 0 Å². The van der Waals surface area contributed by atoms with Crippen LogP contribution in [0.15, 0.2) is 48.6 Å². The number of carboxylic acids is 1. The van der Waals surface area contributed by atoms with Crippen LogP contribution in [0.2, 0.25) is 5.02 Å². The zero-order valence-corrected chi connectivity index (χ0v) is 26.8. The molecular formula is C33H41ClO10S. The summed E-state index contributed by atoms with van der Waals surface area (Å²) in [5.74, 6) is -2.87. The van der Waals surface area contributed by atoms with E-state index in [9.17, 15) is 39.9 Å². The van der Waals surface area contributed by atoms with E-state index in [1.807, 2.05) is 36.4 Å². The average Bonchev–Trinajstić information content (AvgIpc) is 3.42. The van der Waals surface area contributed by atoms with Crippen LogP contribution in [-0.4, -0.2) is 86.5 Å². The minimum atomic E-state index is -1.88. The number of carboxylic acid groups (broad SMARTS) is 1. The van der Waals surface area contributed by atoms with E-state index in [1.54, 1.807) is 37.3 Å². The third-order valence-electron chi connectivity index (χ3n) is 8.66. The number of halogens is 1. The van der Waals surface area contributed by atoms with Gasteiger partial charge in [0.1, 0.15) is 30.4 Å². The number of rotatable bonds is 14. The van der Waals surface area contributed by atoms with Crippen molar-refractivity contribution in [3.63, 3.8) is 0 Å². The molecule has 1 saturated heterocycles. The number of ketones is 1. The molecule has 2 aliphatic rings. The first-order chi connectivity index (χ1) is 21.4. The van der Waals surface area contributed by atoms with Crippen LogP contribution < -0.4 is 0 Å². The predicted octanol–water partition coefficient (Wildman–Crippen LogP) is 3.84. The average molecular weight is 665 g/mol. The van der Waals surface area contributed by atoms with Gasteiger partial charge in [0.05, 0.1) is 22.6 Å². The third-order valence-corrected chi connectivity index (χ3v) is 10.4. The monoisotopic (exact) mass is 664 g/mol. The molecule has 45 heavy (non-hydrogen) atoms. The third kappa shape index (κ3) is 7.91. The normalized spacial score (nSPS) is 30.9. The molecule has 0 radical (unpaired) electrons. The standard InChI is InChI=1S/C33H41ClO10S/c1-33(2)29(40)19(10-6-4-3-5-9-17-35)20(30(33)44-32-27(39)25(37)26(38)28(43-32)31(41)42)15-13-18(36)14-16-23-24(34)21-11-7-8-12-22(21)45-23/h4,6-8,11-13,15,17-20,25-28,30,32,36-39H,3,5,9-10,14,16H2,1-2H3,(H,41,42)/b6-4-,15-13+/t18?,19-,20-,25+,26+,27-,28+,30+,32?/m1/s1. The molecule has 2 unspecified atom stereocenters. The summed E-state index contributed by atoms with van der Waals surface area (Å²) in [7, 11) is 0. The molecule has 9 atom stereocenters. The molecule has 0 spiro atoms. The maximum atomic E-state index is 13.7. The summed E-state index contributed by atoms with van der Waals surface area (Å²) >= 11 is 8.15. The van der Waals surface area contributed by atoms with Crippen molar-refractivity contribution in [3.05, 3.63) is 58.5 Å². The fraction of sp³-hybridized carbons (Fsp3) is 0.545. The zero-order valence-electron chi connectivity index (χ0n) is 25.2. The van der Waals surface area contributed by atoms with Crippen LogP contribution in [-0.2, 0) is 30.3 Å². The van der Waals surface area contributed by atoms with E-state index in [4.69, 9.17) is 21.1 Å². The topological polar surface area (TPSA) is 171 Å². The highest BCUT2D eigenvalue weighted by atomic mass is 35.5. The maximum absolute atomic E-state index is 13.7. The van der Waals surface area contributed by atoms with Crippen LogP contribution in [0.4, 0.5) is 0 Å². The summed E-state index contributed by atoms with van der Waals surface area (Å²) in [6.45, 7) is 3.37. The molecule has 0 amide bonds. The summed E-state index contributed by atoms with van der Waals surface area (Å²) in [6, 6.07) is 7.81. The summed E-state index contributed by atoms with van der Waals surface area (Å²) in [6.07, 6.45) is 0.174. The van der Waals surface area contributed by atoms with Gasteiger partial charge in [0.15, 0.2) is 12.4 Å². The number of aryl methyl sites for hydroxylation is 1.